The Labute approximate surface area is 257 Å². The van der Waals surface area contributed by atoms with E-state index in [1.165, 1.54) is 38.5 Å². The van der Waals surface area contributed by atoms with E-state index in [9.17, 15) is 5.11 Å². The highest BCUT2D eigenvalue weighted by Crippen LogP contribution is 2.39. The predicted octanol–water partition coefficient (Wildman–Crippen LogP) is 6.46. The molecule has 2 heterocycles. The number of aliphatic hydroxyl groups excluding tert-OH is 1. The van der Waals surface area contributed by atoms with E-state index in [-0.39, 0.29) is 30.2 Å². The minimum absolute atomic E-state index is 0. The topological polar surface area (TPSA) is 94.5 Å². The molecule has 0 spiro atoms. The summed E-state index contributed by atoms with van der Waals surface area (Å²) in [5.74, 6) is 1.52. The molecule has 7 nitrogen and oxygen atoms in total. The summed E-state index contributed by atoms with van der Waals surface area (Å²) in [6.07, 6.45) is 9.43. The Bertz CT molecular complexity index is 1230. The molecule has 9 heteroatoms. The first-order chi connectivity index (χ1) is 19.0. The van der Waals surface area contributed by atoms with E-state index in [1.54, 1.807) is 0 Å². The van der Waals surface area contributed by atoms with E-state index < -0.39 is 0 Å². The van der Waals surface area contributed by atoms with Gasteiger partial charge in [0.15, 0.2) is 5.58 Å². The Hall–Kier alpha value is -2.34. The van der Waals surface area contributed by atoms with Gasteiger partial charge in [0.2, 0.25) is 0 Å². The third-order valence-electron chi connectivity index (χ3n) is 8.45. The van der Waals surface area contributed by atoms with Crippen LogP contribution in [0.25, 0.3) is 11.0 Å². The summed E-state index contributed by atoms with van der Waals surface area (Å²) in [5.41, 5.74) is 4.65. The summed E-state index contributed by atoms with van der Waals surface area (Å²) in [5, 5.41) is 27.2. The first-order valence-corrected chi connectivity index (χ1v) is 14.4. The lowest BCUT2D eigenvalue weighted by Gasteiger charge is -2.38. The van der Waals surface area contributed by atoms with Crippen LogP contribution < -0.4 is 10.1 Å². The molecule has 1 aliphatic heterocycles. The van der Waals surface area contributed by atoms with Gasteiger partial charge in [0, 0.05) is 29.5 Å². The summed E-state index contributed by atoms with van der Waals surface area (Å²) in [4.78, 5) is 2.59. The Kier molecular flexibility index (Phi) is 14.4. The average Bonchev–Trinajstić information content (AvgIpc) is 3.61. The molecule has 0 amide bonds. The fourth-order valence-corrected chi connectivity index (χ4v) is 6.08. The van der Waals surface area contributed by atoms with Crippen LogP contribution in [-0.4, -0.2) is 55.5 Å². The van der Waals surface area contributed by atoms with E-state index in [0.717, 1.165) is 71.9 Å². The van der Waals surface area contributed by atoms with Crippen LogP contribution in [0.4, 0.5) is 0 Å². The maximum atomic E-state index is 9.95. The van der Waals surface area contributed by atoms with Crippen molar-refractivity contribution in [1.29, 1.82) is 5.26 Å². The Balaban J connectivity index is 0.00000113. The van der Waals surface area contributed by atoms with Crippen LogP contribution in [0.3, 0.4) is 0 Å². The molecule has 2 N–H and O–H groups in total. The average molecular weight is 606 g/mol. The SMILES string of the molecule is CNC.Cc1c(OCc2ccc(C#N)cc2)ccc2c(CCC3CCN(CC4(CO)CCCC4)CC3)noc12.Cl.Cl. The van der Waals surface area contributed by atoms with Gasteiger partial charge in [-0.05, 0) is 108 Å². The molecule has 2 aromatic carbocycles. The molecule has 226 valence electrons. The Morgan fingerprint density at radius 2 is 1.76 bits per heavy atom. The molecule has 2 aliphatic rings. The summed E-state index contributed by atoms with van der Waals surface area (Å²) in [7, 11) is 3.75. The van der Waals surface area contributed by atoms with Crippen molar-refractivity contribution >= 4 is 35.8 Å². The first-order valence-electron chi connectivity index (χ1n) is 14.4. The Morgan fingerprint density at radius 1 is 1.10 bits per heavy atom. The fraction of sp³-hybridized carbons (Fsp3) is 0.562. The van der Waals surface area contributed by atoms with E-state index in [4.69, 9.17) is 14.5 Å². The van der Waals surface area contributed by atoms with Crippen molar-refractivity contribution in [3.05, 3.63) is 58.8 Å². The number of fused-ring (bicyclic) bond motifs is 1. The highest BCUT2D eigenvalue weighted by atomic mass is 35.5. The normalized spacial score (nSPS) is 16.7. The molecular formula is C32H46Cl2N4O3. The number of aromatic nitrogens is 1. The lowest BCUT2D eigenvalue weighted by Crippen LogP contribution is -2.42. The highest BCUT2D eigenvalue weighted by molar-refractivity contribution is 5.86. The van der Waals surface area contributed by atoms with Crippen LogP contribution in [0.1, 0.15) is 67.3 Å². The molecule has 1 aromatic heterocycles. The van der Waals surface area contributed by atoms with Crippen molar-refractivity contribution < 1.29 is 14.4 Å². The number of hydrogen-bond acceptors (Lipinski definition) is 7. The lowest BCUT2D eigenvalue weighted by atomic mass is 9.84. The molecule has 1 saturated heterocycles. The molecule has 3 aromatic rings. The molecular weight excluding hydrogens is 559 g/mol. The molecule has 0 bridgehead atoms. The highest BCUT2D eigenvalue weighted by Gasteiger charge is 2.35. The standard InChI is InChI=1S/C30H37N3O3.C2H7N.2ClH/c1-22-28(35-19-25-6-4-24(18-31)5-7-25)11-9-26-27(32-36-29(22)26)10-8-23-12-16-33(17-13-23)20-30(21-34)14-2-3-15-30;1-3-2;;/h4-7,9,11,23,34H,2-3,8,10,12-17,19-21H2,1H3;3H,1-2H3;2*1H. The third-order valence-corrected chi connectivity index (χ3v) is 8.45. The summed E-state index contributed by atoms with van der Waals surface area (Å²) < 4.78 is 11.8. The van der Waals surface area contributed by atoms with Gasteiger partial charge in [-0.1, -0.05) is 30.1 Å². The molecule has 41 heavy (non-hydrogen) atoms. The molecule has 0 radical (unpaired) electrons. The van der Waals surface area contributed by atoms with Crippen molar-refractivity contribution in [3.8, 4) is 11.8 Å². The number of halogens is 2. The summed E-state index contributed by atoms with van der Waals surface area (Å²) >= 11 is 0. The van der Waals surface area contributed by atoms with Crippen molar-refractivity contribution in [3.63, 3.8) is 0 Å². The monoisotopic (exact) mass is 604 g/mol. The molecule has 1 saturated carbocycles. The van der Waals surface area contributed by atoms with Crippen LogP contribution in [0.5, 0.6) is 5.75 Å². The quantitative estimate of drug-likeness (QED) is 0.289. The first kappa shape index (κ1) is 34.9. The molecule has 5 rings (SSSR count). The van der Waals surface area contributed by atoms with Gasteiger partial charge in [-0.2, -0.15) is 5.26 Å². The van der Waals surface area contributed by atoms with Crippen LogP contribution in [0.2, 0.25) is 0 Å². The maximum Gasteiger partial charge on any atom is 0.173 e. The lowest BCUT2D eigenvalue weighted by molar-refractivity contribution is 0.0602. The van der Waals surface area contributed by atoms with Crippen LogP contribution in [0, 0.1) is 29.6 Å². The van der Waals surface area contributed by atoms with Gasteiger partial charge in [-0.15, -0.1) is 24.8 Å². The number of nitrogens with one attached hydrogen (secondary N) is 1. The Morgan fingerprint density at radius 3 is 2.37 bits per heavy atom. The van der Waals surface area contributed by atoms with Gasteiger partial charge in [0.05, 0.1) is 17.3 Å². The number of benzene rings is 2. The van der Waals surface area contributed by atoms with Gasteiger partial charge < -0.3 is 24.6 Å². The van der Waals surface area contributed by atoms with Crippen LogP contribution >= 0.6 is 24.8 Å². The number of likely N-dealkylation sites (tertiary alicyclic amines) is 1. The second kappa shape index (κ2) is 16.9. The third kappa shape index (κ3) is 9.07. The number of hydrogen-bond donors (Lipinski definition) is 2. The maximum absolute atomic E-state index is 9.95. The largest absolute Gasteiger partial charge is 0.488 e. The number of ether oxygens (including phenoxy) is 1. The van der Waals surface area contributed by atoms with Crippen LogP contribution in [-0.2, 0) is 13.0 Å². The van der Waals surface area contributed by atoms with Crippen molar-refractivity contribution in [1.82, 2.24) is 15.4 Å². The van der Waals surface area contributed by atoms with Gasteiger partial charge in [0.1, 0.15) is 12.4 Å². The van der Waals surface area contributed by atoms with Crippen molar-refractivity contribution in [2.75, 3.05) is 40.3 Å². The molecule has 0 atom stereocenters. The smallest absolute Gasteiger partial charge is 0.173 e. The number of nitriles is 1. The summed E-state index contributed by atoms with van der Waals surface area (Å²) in [6, 6.07) is 13.7. The number of aliphatic hydroxyl groups is 1. The van der Waals surface area contributed by atoms with Crippen molar-refractivity contribution in [2.24, 2.45) is 11.3 Å². The van der Waals surface area contributed by atoms with Gasteiger partial charge in [0.25, 0.3) is 0 Å². The van der Waals surface area contributed by atoms with E-state index >= 15 is 0 Å². The zero-order chi connectivity index (χ0) is 27.7. The van der Waals surface area contributed by atoms with Gasteiger partial charge in [-0.3, -0.25) is 0 Å². The van der Waals surface area contributed by atoms with Gasteiger partial charge >= 0.3 is 0 Å². The number of nitrogens with zero attached hydrogens (tertiary/aromatic N) is 3. The summed E-state index contributed by atoms with van der Waals surface area (Å²) in [6.45, 7) is 6.16. The zero-order valence-corrected chi connectivity index (χ0v) is 26.3. The molecule has 2 fully saturated rings. The minimum atomic E-state index is 0. The zero-order valence-electron chi connectivity index (χ0n) is 24.7. The number of aryl methyl sites for hydroxylation is 2. The number of piperidine rings is 1. The van der Waals surface area contributed by atoms with Crippen LogP contribution in [0.15, 0.2) is 40.9 Å². The fourth-order valence-electron chi connectivity index (χ4n) is 6.08. The van der Waals surface area contributed by atoms with E-state index in [2.05, 4.69) is 27.5 Å². The molecule has 0 unspecified atom stereocenters. The second-order valence-electron chi connectivity index (χ2n) is 11.4. The predicted molar refractivity (Wildman–Crippen MR) is 169 cm³/mol. The van der Waals surface area contributed by atoms with E-state index in [1.807, 2.05) is 51.4 Å². The minimum Gasteiger partial charge on any atom is -0.488 e. The van der Waals surface area contributed by atoms with Crippen molar-refractivity contribution in [2.45, 2.75) is 64.9 Å². The van der Waals surface area contributed by atoms with E-state index in [0.29, 0.717) is 18.8 Å². The number of rotatable bonds is 9. The van der Waals surface area contributed by atoms with Gasteiger partial charge in [-0.25, -0.2) is 0 Å². The molecule has 1 aliphatic carbocycles. The second-order valence-corrected chi connectivity index (χ2v) is 11.4.